The fraction of sp³-hybridized carbons (Fsp3) is 0.0833. The standard InChI is InChI=1S/C12H9N3O2S/c16-11-6-17-10-2-1-7(5-9(10)14-11)8-3-4-13-12(18)15-8/h1-5H,6H2,(H,14,16)(H,13,15,18). The van der Waals surface area contributed by atoms with Crippen LogP contribution < -0.4 is 10.1 Å². The molecule has 0 saturated heterocycles. The molecule has 0 spiro atoms. The number of nitrogens with one attached hydrogen (secondary N) is 2. The van der Waals surface area contributed by atoms with Crippen LogP contribution in [0.5, 0.6) is 5.75 Å². The normalized spacial score (nSPS) is 13.4. The summed E-state index contributed by atoms with van der Waals surface area (Å²) in [7, 11) is 0. The van der Waals surface area contributed by atoms with E-state index in [1.165, 1.54) is 0 Å². The van der Waals surface area contributed by atoms with Gasteiger partial charge in [0.2, 0.25) is 0 Å². The number of rotatable bonds is 1. The van der Waals surface area contributed by atoms with Gasteiger partial charge in [-0.15, -0.1) is 0 Å². The fourth-order valence-corrected chi connectivity index (χ4v) is 1.96. The van der Waals surface area contributed by atoms with Crippen LogP contribution in [0.1, 0.15) is 0 Å². The molecule has 0 radical (unpaired) electrons. The average Bonchev–Trinajstić information content (AvgIpc) is 2.38. The number of carbonyl (C=O) groups excluding carboxylic acids is 1. The number of amides is 1. The van der Waals surface area contributed by atoms with Crippen molar-refractivity contribution in [3.8, 4) is 17.0 Å². The van der Waals surface area contributed by atoms with Crippen LogP contribution in [0.3, 0.4) is 0 Å². The Balaban J connectivity index is 2.07. The first kappa shape index (κ1) is 10.9. The molecular formula is C12H9N3O2S. The molecule has 5 nitrogen and oxygen atoms in total. The number of nitrogens with zero attached hydrogens (tertiary/aromatic N) is 1. The van der Waals surface area contributed by atoms with E-state index in [2.05, 4.69) is 15.3 Å². The molecule has 6 heteroatoms. The van der Waals surface area contributed by atoms with Crippen molar-refractivity contribution < 1.29 is 9.53 Å². The molecule has 0 fully saturated rings. The van der Waals surface area contributed by atoms with Crippen LogP contribution in [-0.2, 0) is 4.79 Å². The molecule has 2 N–H and O–H groups in total. The first-order valence-electron chi connectivity index (χ1n) is 5.35. The van der Waals surface area contributed by atoms with Gasteiger partial charge in [0.25, 0.3) is 5.91 Å². The van der Waals surface area contributed by atoms with Crippen molar-refractivity contribution in [2.45, 2.75) is 0 Å². The van der Waals surface area contributed by atoms with Crippen LogP contribution >= 0.6 is 12.2 Å². The molecule has 3 rings (SSSR count). The highest BCUT2D eigenvalue weighted by Crippen LogP contribution is 2.31. The van der Waals surface area contributed by atoms with E-state index in [9.17, 15) is 4.79 Å². The number of fused-ring (bicyclic) bond motifs is 1. The van der Waals surface area contributed by atoms with E-state index in [0.717, 1.165) is 11.3 Å². The number of hydrogen-bond donors (Lipinski definition) is 2. The molecule has 0 bridgehead atoms. The van der Waals surface area contributed by atoms with Gasteiger partial charge in [0.15, 0.2) is 11.4 Å². The minimum atomic E-state index is -0.151. The SMILES string of the molecule is O=C1COc2ccc(-c3ccnc(=S)[nH]3)cc2N1. The summed E-state index contributed by atoms with van der Waals surface area (Å²) in [4.78, 5) is 18.2. The molecule has 0 saturated carbocycles. The molecule has 1 aliphatic rings. The van der Waals surface area contributed by atoms with Gasteiger partial charge in [0.1, 0.15) is 5.75 Å². The Morgan fingerprint density at radius 3 is 3.06 bits per heavy atom. The summed E-state index contributed by atoms with van der Waals surface area (Å²) in [5, 5.41) is 2.77. The van der Waals surface area contributed by atoms with Crippen molar-refractivity contribution in [2.24, 2.45) is 0 Å². The second-order valence-corrected chi connectivity index (χ2v) is 4.22. The Morgan fingerprint density at radius 1 is 1.33 bits per heavy atom. The van der Waals surface area contributed by atoms with Crippen LogP contribution in [0.25, 0.3) is 11.3 Å². The van der Waals surface area contributed by atoms with Crippen molar-refractivity contribution in [1.29, 1.82) is 0 Å². The van der Waals surface area contributed by atoms with Gasteiger partial charge in [0.05, 0.1) is 5.69 Å². The number of H-pyrrole nitrogens is 1. The molecule has 1 aromatic heterocycles. The number of carbonyl (C=O) groups is 1. The van der Waals surface area contributed by atoms with E-state index in [1.807, 2.05) is 24.3 Å². The van der Waals surface area contributed by atoms with E-state index < -0.39 is 0 Å². The summed E-state index contributed by atoms with van der Waals surface area (Å²) in [5.74, 6) is 0.522. The lowest BCUT2D eigenvalue weighted by atomic mass is 10.1. The van der Waals surface area contributed by atoms with Gasteiger partial charge in [0, 0.05) is 17.5 Å². The highest BCUT2D eigenvalue weighted by Gasteiger charge is 2.16. The van der Waals surface area contributed by atoms with E-state index in [-0.39, 0.29) is 12.5 Å². The molecule has 1 aliphatic heterocycles. The van der Waals surface area contributed by atoms with Crippen LogP contribution in [0.15, 0.2) is 30.5 Å². The monoisotopic (exact) mass is 259 g/mol. The van der Waals surface area contributed by atoms with Crippen molar-refractivity contribution in [1.82, 2.24) is 9.97 Å². The van der Waals surface area contributed by atoms with Gasteiger partial charge in [-0.3, -0.25) is 4.79 Å². The third-order valence-corrected chi connectivity index (χ3v) is 2.81. The summed E-state index contributed by atoms with van der Waals surface area (Å²) < 4.78 is 5.72. The van der Waals surface area contributed by atoms with Gasteiger partial charge in [-0.25, -0.2) is 4.98 Å². The van der Waals surface area contributed by atoms with Crippen LogP contribution in [0, 0.1) is 4.77 Å². The van der Waals surface area contributed by atoms with Crippen molar-refractivity contribution in [3.63, 3.8) is 0 Å². The number of benzene rings is 1. The van der Waals surface area contributed by atoms with Gasteiger partial charge >= 0.3 is 0 Å². The number of ether oxygens (including phenoxy) is 1. The predicted molar refractivity (Wildman–Crippen MR) is 69.0 cm³/mol. The number of aromatic amines is 1. The average molecular weight is 259 g/mol. The molecule has 0 aliphatic carbocycles. The zero-order valence-corrected chi connectivity index (χ0v) is 10.1. The summed E-state index contributed by atoms with van der Waals surface area (Å²) >= 11 is 4.98. The predicted octanol–water partition coefficient (Wildman–Crippen LogP) is 2.14. The van der Waals surface area contributed by atoms with Gasteiger partial charge < -0.3 is 15.0 Å². The fourth-order valence-electron chi connectivity index (χ4n) is 1.79. The largest absolute Gasteiger partial charge is 0.482 e. The van der Waals surface area contributed by atoms with Gasteiger partial charge in [-0.1, -0.05) is 0 Å². The summed E-state index contributed by atoms with van der Waals surface area (Å²) in [6.45, 7) is 0.0596. The zero-order valence-electron chi connectivity index (χ0n) is 9.27. The topological polar surface area (TPSA) is 67.0 Å². The first-order chi connectivity index (χ1) is 8.72. The zero-order chi connectivity index (χ0) is 12.5. The minimum absolute atomic E-state index is 0.0596. The second-order valence-electron chi connectivity index (χ2n) is 3.84. The van der Waals surface area contributed by atoms with Crippen molar-refractivity contribution >= 4 is 23.8 Å². The van der Waals surface area contributed by atoms with E-state index in [4.69, 9.17) is 17.0 Å². The third kappa shape index (κ3) is 1.98. The number of anilines is 1. The maximum atomic E-state index is 11.3. The molecule has 1 amide bonds. The highest BCUT2D eigenvalue weighted by molar-refractivity contribution is 7.71. The summed E-state index contributed by atoms with van der Waals surface area (Å²) in [6.07, 6.45) is 1.64. The molecule has 1 aromatic carbocycles. The lowest BCUT2D eigenvalue weighted by Crippen LogP contribution is -2.25. The lowest BCUT2D eigenvalue weighted by molar-refractivity contribution is -0.118. The third-order valence-electron chi connectivity index (χ3n) is 2.60. The Kier molecular flexibility index (Phi) is 2.56. The van der Waals surface area contributed by atoms with Crippen molar-refractivity contribution in [3.05, 3.63) is 35.2 Å². The van der Waals surface area contributed by atoms with E-state index >= 15 is 0 Å². The maximum Gasteiger partial charge on any atom is 0.262 e. The van der Waals surface area contributed by atoms with Gasteiger partial charge in [-0.05, 0) is 36.5 Å². The highest BCUT2D eigenvalue weighted by atomic mass is 32.1. The van der Waals surface area contributed by atoms with Gasteiger partial charge in [-0.2, -0.15) is 0 Å². The molecule has 2 heterocycles. The van der Waals surface area contributed by atoms with Crippen molar-refractivity contribution in [2.75, 3.05) is 11.9 Å². The Morgan fingerprint density at radius 2 is 2.22 bits per heavy atom. The van der Waals surface area contributed by atoms with E-state index in [1.54, 1.807) is 6.20 Å². The Hall–Kier alpha value is -2.21. The molecule has 2 aromatic rings. The lowest BCUT2D eigenvalue weighted by Gasteiger charge is -2.18. The second kappa shape index (κ2) is 4.23. The minimum Gasteiger partial charge on any atom is -0.482 e. The summed E-state index contributed by atoms with van der Waals surface area (Å²) in [6, 6.07) is 7.38. The molecule has 0 unspecified atom stereocenters. The smallest absolute Gasteiger partial charge is 0.262 e. The number of hydrogen-bond acceptors (Lipinski definition) is 4. The Bertz CT molecular complexity index is 681. The molecule has 90 valence electrons. The van der Waals surface area contributed by atoms with Crippen LogP contribution in [-0.4, -0.2) is 22.5 Å². The van der Waals surface area contributed by atoms with Crippen LogP contribution in [0.2, 0.25) is 0 Å². The maximum absolute atomic E-state index is 11.3. The van der Waals surface area contributed by atoms with E-state index in [0.29, 0.717) is 16.2 Å². The number of aromatic nitrogens is 2. The molecular weight excluding hydrogens is 250 g/mol. The quantitative estimate of drug-likeness (QED) is 0.770. The Labute approximate surface area is 108 Å². The van der Waals surface area contributed by atoms with Crippen LogP contribution in [0.4, 0.5) is 5.69 Å². The molecule has 0 atom stereocenters. The first-order valence-corrected chi connectivity index (χ1v) is 5.75. The summed E-state index contributed by atoms with van der Waals surface area (Å²) in [5.41, 5.74) is 2.42. The molecule has 18 heavy (non-hydrogen) atoms.